The van der Waals surface area contributed by atoms with Gasteiger partial charge in [-0.1, -0.05) is 48.5 Å². The van der Waals surface area contributed by atoms with Crippen LogP contribution in [0.15, 0.2) is 84.6 Å². The highest BCUT2D eigenvalue weighted by Gasteiger charge is 2.10. The van der Waals surface area contributed by atoms with Crippen molar-refractivity contribution >= 4 is 22.9 Å². The number of aromatic nitrogens is 1. The number of hydrogen-bond acceptors (Lipinski definition) is 3. The molecule has 4 aromatic rings. The van der Waals surface area contributed by atoms with Gasteiger partial charge >= 0.3 is 0 Å². The van der Waals surface area contributed by atoms with Crippen molar-refractivity contribution in [1.82, 2.24) is 10.3 Å². The maximum absolute atomic E-state index is 13.8. The van der Waals surface area contributed by atoms with E-state index in [0.717, 1.165) is 16.5 Å². The number of amides is 1. The van der Waals surface area contributed by atoms with Gasteiger partial charge in [0.25, 0.3) is 5.91 Å². The summed E-state index contributed by atoms with van der Waals surface area (Å²) in [6.45, 7) is 0.491. The molecule has 0 spiro atoms. The lowest BCUT2D eigenvalue weighted by atomic mass is 10.1. The highest BCUT2D eigenvalue weighted by Crippen LogP contribution is 2.19. The van der Waals surface area contributed by atoms with E-state index in [1.807, 2.05) is 36.5 Å². The zero-order chi connectivity index (χ0) is 23.0. The molecule has 164 valence electrons. The Bertz CT molecular complexity index is 1350. The smallest absolute Gasteiger partial charge is 0.261 e. The fraction of sp³-hybridized carbons (Fsp3) is 0.111. The summed E-state index contributed by atoms with van der Waals surface area (Å²) in [5.41, 5.74) is 3.25. The van der Waals surface area contributed by atoms with Crippen LogP contribution in [0.1, 0.15) is 16.7 Å². The van der Waals surface area contributed by atoms with Gasteiger partial charge in [0, 0.05) is 29.2 Å². The minimum absolute atomic E-state index is 0.000167. The van der Waals surface area contributed by atoms with Gasteiger partial charge in [0.1, 0.15) is 29.8 Å². The number of halogens is 1. The fourth-order valence-electron chi connectivity index (χ4n) is 3.53. The van der Waals surface area contributed by atoms with Gasteiger partial charge in [-0.05, 0) is 47.9 Å². The number of aromatic amines is 1. The van der Waals surface area contributed by atoms with Gasteiger partial charge in [-0.25, -0.2) is 4.39 Å². The second-order valence-electron chi connectivity index (χ2n) is 7.49. The first kappa shape index (κ1) is 21.8. The Hall–Kier alpha value is -4.37. The van der Waals surface area contributed by atoms with Gasteiger partial charge in [-0.2, -0.15) is 5.26 Å². The molecule has 0 aliphatic heterocycles. The molecule has 1 aromatic heterocycles. The van der Waals surface area contributed by atoms with Crippen molar-refractivity contribution in [2.24, 2.45) is 0 Å². The van der Waals surface area contributed by atoms with Crippen LogP contribution in [0, 0.1) is 17.1 Å². The quantitative estimate of drug-likeness (QED) is 0.294. The predicted molar refractivity (Wildman–Crippen MR) is 126 cm³/mol. The largest absolute Gasteiger partial charge is 0.489 e. The minimum Gasteiger partial charge on any atom is -0.489 e. The molecule has 33 heavy (non-hydrogen) atoms. The molecule has 0 bridgehead atoms. The molecular formula is C27H22FN3O2. The molecule has 2 N–H and O–H groups in total. The van der Waals surface area contributed by atoms with Crippen molar-refractivity contribution in [2.45, 2.75) is 13.0 Å². The molecule has 0 unspecified atom stereocenters. The Morgan fingerprint density at radius 1 is 1.06 bits per heavy atom. The second-order valence-corrected chi connectivity index (χ2v) is 7.49. The molecule has 0 atom stereocenters. The standard InChI is InChI=1S/C27H22FN3O2/c28-25-10-3-1-7-21(25)18-33-23-8-5-6-19(15-23)14-22(16-29)27(32)30-13-12-20-17-31-26-11-4-2-9-24(20)26/h1-11,14-15,17,31H,12-13,18H2,(H,30,32)/b22-14-. The average Bonchev–Trinajstić information content (AvgIpc) is 3.25. The van der Waals surface area contributed by atoms with E-state index in [-0.39, 0.29) is 18.0 Å². The summed E-state index contributed by atoms with van der Waals surface area (Å²) in [4.78, 5) is 15.7. The number of H-pyrrole nitrogens is 1. The van der Waals surface area contributed by atoms with Crippen molar-refractivity contribution in [3.63, 3.8) is 0 Å². The Labute approximate surface area is 191 Å². The minimum atomic E-state index is -0.435. The van der Waals surface area contributed by atoms with E-state index < -0.39 is 5.91 Å². The van der Waals surface area contributed by atoms with Crippen molar-refractivity contribution in [3.05, 3.63) is 107 Å². The third-order valence-electron chi connectivity index (χ3n) is 5.24. The normalized spacial score (nSPS) is 11.2. The van der Waals surface area contributed by atoms with Gasteiger partial charge in [0.05, 0.1) is 0 Å². The number of nitrogens with one attached hydrogen (secondary N) is 2. The first-order chi connectivity index (χ1) is 16.1. The number of nitriles is 1. The predicted octanol–water partition coefficient (Wildman–Crippen LogP) is 5.15. The molecule has 1 heterocycles. The maximum Gasteiger partial charge on any atom is 0.261 e. The number of benzene rings is 3. The third kappa shape index (κ3) is 5.46. The molecule has 0 saturated heterocycles. The number of carbonyl (C=O) groups excluding carboxylic acids is 1. The SMILES string of the molecule is N#C/C(=C/c1cccc(OCc2ccccc2F)c1)C(=O)NCCc1c[nH]c2ccccc12. The summed E-state index contributed by atoms with van der Waals surface area (Å²) in [5, 5.41) is 13.4. The van der Waals surface area contributed by atoms with Crippen LogP contribution in [0.5, 0.6) is 5.75 Å². The molecule has 6 heteroatoms. The van der Waals surface area contributed by atoms with E-state index in [2.05, 4.69) is 10.3 Å². The van der Waals surface area contributed by atoms with E-state index in [0.29, 0.717) is 29.8 Å². The zero-order valence-corrected chi connectivity index (χ0v) is 17.8. The number of fused-ring (bicyclic) bond motifs is 1. The van der Waals surface area contributed by atoms with Crippen LogP contribution < -0.4 is 10.1 Å². The Balaban J connectivity index is 1.37. The Kier molecular flexibility index (Phi) is 6.81. The van der Waals surface area contributed by atoms with Crippen LogP contribution in [0.4, 0.5) is 4.39 Å². The van der Waals surface area contributed by atoms with Crippen molar-refractivity contribution in [3.8, 4) is 11.8 Å². The van der Waals surface area contributed by atoms with Crippen LogP contribution in [-0.2, 0) is 17.8 Å². The lowest BCUT2D eigenvalue weighted by molar-refractivity contribution is -0.117. The molecule has 0 saturated carbocycles. The summed E-state index contributed by atoms with van der Waals surface area (Å²) in [7, 11) is 0. The van der Waals surface area contributed by atoms with Gasteiger partial charge in [-0.3, -0.25) is 4.79 Å². The zero-order valence-electron chi connectivity index (χ0n) is 17.8. The first-order valence-corrected chi connectivity index (χ1v) is 10.6. The molecular weight excluding hydrogens is 417 g/mol. The summed E-state index contributed by atoms with van der Waals surface area (Å²) in [6, 6.07) is 23.3. The van der Waals surface area contributed by atoms with E-state index >= 15 is 0 Å². The monoisotopic (exact) mass is 439 g/mol. The number of ether oxygens (including phenoxy) is 1. The van der Waals surface area contributed by atoms with E-state index in [1.165, 1.54) is 12.1 Å². The molecule has 1 amide bonds. The van der Waals surface area contributed by atoms with Crippen molar-refractivity contribution in [2.75, 3.05) is 6.54 Å². The molecule has 0 aliphatic carbocycles. The topological polar surface area (TPSA) is 77.9 Å². The van der Waals surface area contributed by atoms with E-state index in [1.54, 1.807) is 42.5 Å². The highest BCUT2D eigenvalue weighted by atomic mass is 19.1. The lowest BCUT2D eigenvalue weighted by Crippen LogP contribution is -2.26. The number of carbonyl (C=O) groups is 1. The molecule has 0 fully saturated rings. The highest BCUT2D eigenvalue weighted by molar-refractivity contribution is 6.01. The summed E-state index contributed by atoms with van der Waals surface area (Å²) < 4.78 is 19.5. The van der Waals surface area contributed by atoms with E-state index in [9.17, 15) is 14.4 Å². The lowest BCUT2D eigenvalue weighted by Gasteiger charge is -2.08. The molecule has 0 radical (unpaired) electrons. The van der Waals surface area contributed by atoms with E-state index in [4.69, 9.17) is 4.74 Å². The number of rotatable bonds is 8. The van der Waals surface area contributed by atoms with Crippen molar-refractivity contribution in [1.29, 1.82) is 5.26 Å². The maximum atomic E-state index is 13.8. The van der Waals surface area contributed by atoms with Crippen molar-refractivity contribution < 1.29 is 13.9 Å². The van der Waals surface area contributed by atoms with Gasteiger partial charge < -0.3 is 15.0 Å². The van der Waals surface area contributed by atoms with Crippen LogP contribution >= 0.6 is 0 Å². The molecule has 3 aromatic carbocycles. The summed E-state index contributed by atoms with van der Waals surface area (Å²) >= 11 is 0. The fourth-order valence-corrected chi connectivity index (χ4v) is 3.53. The Morgan fingerprint density at radius 3 is 2.73 bits per heavy atom. The molecule has 4 rings (SSSR count). The second kappa shape index (κ2) is 10.3. The van der Waals surface area contributed by atoms with Crippen LogP contribution in [-0.4, -0.2) is 17.4 Å². The molecule has 5 nitrogen and oxygen atoms in total. The van der Waals surface area contributed by atoms with Crippen LogP contribution in [0.3, 0.4) is 0 Å². The first-order valence-electron chi connectivity index (χ1n) is 10.6. The van der Waals surface area contributed by atoms with Crippen LogP contribution in [0.2, 0.25) is 0 Å². The van der Waals surface area contributed by atoms with Gasteiger partial charge in [0.15, 0.2) is 0 Å². The van der Waals surface area contributed by atoms with Gasteiger partial charge in [0.2, 0.25) is 0 Å². The van der Waals surface area contributed by atoms with Gasteiger partial charge in [-0.15, -0.1) is 0 Å². The van der Waals surface area contributed by atoms with Crippen LogP contribution in [0.25, 0.3) is 17.0 Å². The summed E-state index contributed by atoms with van der Waals surface area (Å²) in [6.07, 6.45) is 4.09. The molecule has 0 aliphatic rings. The number of nitrogens with zero attached hydrogens (tertiary/aromatic N) is 1. The number of para-hydroxylation sites is 1. The number of hydrogen-bond donors (Lipinski definition) is 2. The third-order valence-corrected chi connectivity index (χ3v) is 5.24. The summed E-state index contributed by atoms with van der Waals surface area (Å²) in [5.74, 6) is -0.247. The average molecular weight is 439 g/mol. The Morgan fingerprint density at radius 2 is 1.88 bits per heavy atom.